The Morgan fingerprint density at radius 2 is 2.12 bits per heavy atom. The van der Waals surface area contributed by atoms with Crippen LogP contribution in [0, 0.1) is 0 Å². The number of nitrogens with zero attached hydrogens (tertiary/aromatic N) is 1. The van der Waals surface area contributed by atoms with Crippen molar-refractivity contribution in [1.82, 2.24) is 10.0 Å². The second kappa shape index (κ2) is 8.24. The van der Waals surface area contributed by atoms with Gasteiger partial charge in [-0.1, -0.05) is 18.2 Å². The third-order valence-corrected chi connectivity index (χ3v) is 7.20. The standard InChI is InChI=1S/C17H19N3O3S3/c1-12(17(21)18-8-10-24-11-13-5-4-9-25-13)19-16-14-6-2-3-7-15(14)26(22,23)20-16/h2-7,9,12H,8,10-11H2,1H3,(H,18,21)(H,19,20). The molecule has 2 heterocycles. The fourth-order valence-corrected chi connectivity index (χ4v) is 5.38. The highest BCUT2D eigenvalue weighted by atomic mass is 32.2. The summed E-state index contributed by atoms with van der Waals surface area (Å²) in [5.41, 5.74) is 0.499. The van der Waals surface area contributed by atoms with E-state index in [2.05, 4.69) is 21.1 Å². The first-order valence-corrected chi connectivity index (χ1v) is 11.6. The molecule has 0 fully saturated rings. The van der Waals surface area contributed by atoms with E-state index in [0.717, 1.165) is 11.5 Å². The van der Waals surface area contributed by atoms with Crippen molar-refractivity contribution in [3.05, 3.63) is 52.2 Å². The van der Waals surface area contributed by atoms with Gasteiger partial charge in [-0.2, -0.15) is 11.8 Å². The molecule has 9 heteroatoms. The molecule has 1 unspecified atom stereocenters. The molecule has 2 aromatic rings. The van der Waals surface area contributed by atoms with Crippen LogP contribution in [0.3, 0.4) is 0 Å². The molecule has 0 radical (unpaired) electrons. The Morgan fingerprint density at radius 3 is 2.88 bits per heavy atom. The van der Waals surface area contributed by atoms with Gasteiger partial charge in [0.05, 0.1) is 4.90 Å². The summed E-state index contributed by atoms with van der Waals surface area (Å²) in [7, 11) is -3.59. The van der Waals surface area contributed by atoms with Crippen molar-refractivity contribution in [2.45, 2.75) is 23.6 Å². The monoisotopic (exact) mass is 409 g/mol. The van der Waals surface area contributed by atoms with Crippen molar-refractivity contribution >= 4 is 44.9 Å². The number of carbonyl (C=O) groups excluding carboxylic acids is 1. The van der Waals surface area contributed by atoms with Crippen LogP contribution in [-0.2, 0) is 20.6 Å². The molecule has 1 aromatic heterocycles. The van der Waals surface area contributed by atoms with Crippen molar-refractivity contribution in [3.63, 3.8) is 0 Å². The Hall–Kier alpha value is -1.84. The maximum Gasteiger partial charge on any atom is 0.263 e. The molecular formula is C17H19N3O3S3. The third-order valence-electron chi connectivity index (χ3n) is 3.73. The summed E-state index contributed by atoms with van der Waals surface area (Å²) in [5.74, 6) is 1.74. The van der Waals surface area contributed by atoms with Crippen LogP contribution in [0.15, 0.2) is 51.7 Å². The molecule has 0 spiro atoms. The fourth-order valence-electron chi connectivity index (χ4n) is 2.44. The highest BCUT2D eigenvalue weighted by Gasteiger charge is 2.31. The average molecular weight is 410 g/mol. The molecule has 6 nitrogen and oxygen atoms in total. The van der Waals surface area contributed by atoms with E-state index in [9.17, 15) is 13.2 Å². The van der Waals surface area contributed by atoms with Gasteiger partial charge < -0.3 is 5.32 Å². The van der Waals surface area contributed by atoms with Gasteiger partial charge in [0.25, 0.3) is 10.0 Å². The summed E-state index contributed by atoms with van der Waals surface area (Å²) in [6.45, 7) is 2.20. The molecule has 26 heavy (non-hydrogen) atoms. The van der Waals surface area contributed by atoms with Crippen LogP contribution < -0.4 is 10.0 Å². The Kier molecular flexibility index (Phi) is 6.00. The van der Waals surface area contributed by atoms with Gasteiger partial charge in [0.1, 0.15) is 11.9 Å². The Morgan fingerprint density at radius 1 is 1.31 bits per heavy atom. The first-order chi connectivity index (χ1) is 12.5. The van der Waals surface area contributed by atoms with Crippen LogP contribution in [0.4, 0.5) is 0 Å². The van der Waals surface area contributed by atoms with Crippen molar-refractivity contribution in [2.24, 2.45) is 4.99 Å². The lowest BCUT2D eigenvalue weighted by Crippen LogP contribution is -2.35. The third kappa shape index (κ3) is 4.46. The van der Waals surface area contributed by atoms with Gasteiger partial charge in [-0.15, -0.1) is 11.3 Å². The predicted octanol–water partition coefficient (Wildman–Crippen LogP) is 2.22. The predicted molar refractivity (Wildman–Crippen MR) is 106 cm³/mol. The number of benzene rings is 1. The number of rotatable bonds is 7. The number of nitrogens with one attached hydrogen (secondary N) is 2. The van der Waals surface area contributed by atoms with E-state index in [1.54, 1.807) is 48.2 Å². The van der Waals surface area contributed by atoms with Gasteiger partial charge in [0.2, 0.25) is 5.91 Å². The number of carbonyl (C=O) groups is 1. The smallest absolute Gasteiger partial charge is 0.263 e. The molecule has 1 aliphatic rings. The number of aliphatic imine (C=N–C) groups is 1. The summed E-state index contributed by atoms with van der Waals surface area (Å²) in [5, 5.41) is 4.89. The lowest BCUT2D eigenvalue weighted by molar-refractivity contribution is -0.121. The van der Waals surface area contributed by atoms with Gasteiger partial charge >= 0.3 is 0 Å². The normalized spacial score (nSPS) is 17.5. The minimum Gasteiger partial charge on any atom is -0.353 e. The van der Waals surface area contributed by atoms with Crippen LogP contribution in [0.2, 0.25) is 0 Å². The van der Waals surface area contributed by atoms with Gasteiger partial charge in [-0.05, 0) is 30.5 Å². The quantitative estimate of drug-likeness (QED) is 0.687. The number of hydrogen-bond acceptors (Lipinski definition) is 6. The lowest BCUT2D eigenvalue weighted by atomic mass is 10.2. The van der Waals surface area contributed by atoms with Crippen molar-refractivity contribution in [1.29, 1.82) is 0 Å². The molecule has 1 aromatic carbocycles. The van der Waals surface area contributed by atoms with Gasteiger partial charge in [-0.25, -0.2) is 8.42 Å². The summed E-state index contributed by atoms with van der Waals surface area (Å²) in [6.07, 6.45) is 0. The molecule has 0 saturated carbocycles. The number of amides is 1. The summed E-state index contributed by atoms with van der Waals surface area (Å²) in [6, 6.07) is 10.0. The van der Waals surface area contributed by atoms with Crippen molar-refractivity contribution in [2.75, 3.05) is 12.3 Å². The van der Waals surface area contributed by atoms with E-state index < -0.39 is 16.1 Å². The summed E-state index contributed by atoms with van der Waals surface area (Å²) < 4.78 is 26.5. The van der Waals surface area contributed by atoms with Crippen LogP contribution in [-0.4, -0.2) is 38.5 Å². The van der Waals surface area contributed by atoms with Crippen LogP contribution in [0.25, 0.3) is 0 Å². The summed E-state index contributed by atoms with van der Waals surface area (Å²) >= 11 is 3.48. The van der Waals surface area contributed by atoms with E-state index in [0.29, 0.717) is 12.1 Å². The molecule has 2 N–H and O–H groups in total. The average Bonchev–Trinajstić information content (AvgIpc) is 3.21. The van der Waals surface area contributed by atoms with Crippen molar-refractivity contribution < 1.29 is 13.2 Å². The minimum absolute atomic E-state index is 0.191. The largest absolute Gasteiger partial charge is 0.353 e. The second-order valence-electron chi connectivity index (χ2n) is 5.68. The molecule has 138 valence electrons. The van der Waals surface area contributed by atoms with Gasteiger partial charge in [-0.3, -0.25) is 14.5 Å². The zero-order valence-electron chi connectivity index (χ0n) is 14.1. The van der Waals surface area contributed by atoms with Gasteiger partial charge in [0.15, 0.2) is 0 Å². The van der Waals surface area contributed by atoms with Crippen LogP contribution >= 0.6 is 23.1 Å². The van der Waals surface area contributed by atoms with Crippen LogP contribution in [0.5, 0.6) is 0 Å². The molecule has 1 atom stereocenters. The number of amidine groups is 1. The first-order valence-electron chi connectivity index (χ1n) is 8.05. The van der Waals surface area contributed by atoms with Gasteiger partial charge in [0, 0.05) is 28.5 Å². The van der Waals surface area contributed by atoms with E-state index in [1.807, 2.05) is 11.4 Å². The first kappa shape index (κ1) is 18.9. The fraction of sp³-hybridized carbons (Fsp3) is 0.294. The van der Waals surface area contributed by atoms with Crippen molar-refractivity contribution in [3.8, 4) is 0 Å². The molecule has 3 rings (SSSR count). The van der Waals surface area contributed by atoms with E-state index in [-0.39, 0.29) is 16.6 Å². The van der Waals surface area contributed by atoms with E-state index in [4.69, 9.17) is 0 Å². The molecule has 0 aliphatic carbocycles. The molecule has 0 bridgehead atoms. The molecule has 0 saturated heterocycles. The minimum atomic E-state index is -3.59. The number of hydrogen-bond donors (Lipinski definition) is 2. The highest BCUT2D eigenvalue weighted by molar-refractivity contribution is 7.98. The Labute approximate surface area is 161 Å². The van der Waals surface area contributed by atoms with Crippen LogP contribution in [0.1, 0.15) is 17.4 Å². The summed E-state index contributed by atoms with van der Waals surface area (Å²) in [4.78, 5) is 18.0. The maximum absolute atomic E-state index is 12.2. The molecular weight excluding hydrogens is 390 g/mol. The number of sulfonamides is 1. The van der Waals surface area contributed by atoms with E-state index >= 15 is 0 Å². The highest BCUT2D eigenvalue weighted by Crippen LogP contribution is 2.22. The zero-order chi connectivity index (χ0) is 18.6. The lowest BCUT2D eigenvalue weighted by Gasteiger charge is -2.09. The Bertz CT molecular complexity index is 908. The number of thioether (sulfide) groups is 1. The molecule has 1 amide bonds. The zero-order valence-corrected chi connectivity index (χ0v) is 16.6. The van der Waals surface area contributed by atoms with E-state index in [1.165, 1.54) is 10.9 Å². The SMILES string of the molecule is CC(N=C1NS(=O)(=O)c2ccccc21)C(=O)NCCSCc1cccs1. The molecule has 1 aliphatic heterocycles. The Balaban J connectivity index is 1.52. The second-order valence-corrected chi connectivity index (χ2v) is 9.47. The topological polar surface area (TPSA) is 87.6 Å². The maximum atomic E-state index is 12.2. The number of fused-ring (bicyclic) bond motifs is 1. The number of thiophene rings is 1.